The van der Waals surface area contributed by atoms with Gasteiger partial charge >= 0.3 is 17.1 Å². The quantitative estimate of drug-likeness (QED) is 0.505. The third-order valence-electron chi connectivity index (χ3n) is 1.93. The van der Waals surface area contributed by atoms with E-state index in [-0.39, 0.29) is 48.7 Å². The average molecular weight is 448 g/mol. The molecule has 0 N–H and O–H groups in total. The van der Waals surface area contributed by atoms with E-state index in [2.05, 4.69) is 0 Å². The third-order valence-corrected chi connectivity index (χ3v) is 3.49. The van der Waals surface area contributed by atoms with Crippen molar-refractivity contribution in [1.82, 2.24) is 0 Å². The molecule has 1 radical (unpaired) electrons. The molecule has 0 aliphatic carbocycles. The van der Waals surface area contributed by atoms with Crippen LogP contribution in [0.25, 0.3) is 0 Å². The largest absolute Gasteiger partial charge is 2.00 e. The molecule has 0 amide bonds. The minimum atomic E-state index is -0.382. The Hall–Kier alpha value is 0.299. The van der Waals surface area contributed by atoms with Crippen molar-refractivity contribution in [3.05, 3.63) is 54.4 Å². The van der Waals surface area contributed by atoms with E-state index in [0.717, 1.165) is 0 Å². The Morgan fingerprint density at radius 1 is 0.524 bits per heavy atom. The van der Waals surface area contributed by atoms with Crippen LogP contribution in [0.15, 0.2) is 24.3 Å². The van der Waals surface area contributed by atoms with E-state index in [1.807, 2.05) is 0 Å². The Morgan fingerprint density at radius 2 is 0.714 bits per heavy atom. The first-order chi connectivity index (χ1) is 9.22. The van der Waals surface area contributed by atoms with Crippen molar-refractivity contribution in [3.8, 4) is 11.5 Å². The van der Waals surface area contributed by atoms with Gasteiger partial charge in [-0.05, 0) is 24.3 Å². The molecule has 0 heterocycles. The molecule has 2 nitrogen and oxygen atoms in total. The topological polar surface area (TPSA) is 46.1 Å². The van der Waals surface area contributed by atoms with Crippen molar-refractivity contribution >= 4 is 69.6 Å². The molecule has 0 fully saturated rings. The summed E-state index contributed by atoms with van der Waals surface area (Å²) in [5, 5.41) is 22.5. The van der Waals surface area contributed by atoms with Gasteiger partial charge in [0.05, 0.1) is 0 Å². The standard InChI is InChI=1S/2C6H3Cl3O.Mn/c2*7-3-1-4(8)6(10)5(9)2-3;/h2*1-2,10H;/q;;+2/p-2. The van der Waals surface area contributed by atoms with Crippen molar-refractivity contribution in [3.63, 3.8) is 0 Å². The average Bonchev–Trinajstić information content (AvgIpc) is 2.33. The number of rotatable bonds is 0. The van der Waals surface area contributed by atoms with Gasteiger partial charge in [0.2, 0.25) is 0 Å². The molecule has 0 spiro atoms. The van der Waals surface area contributed by atoms with Gasteiger partial charge in [-0.25, -0.2) is 0 Å². The van der Waals surface area contributed by atoms with Crippen LogP contribution in [0.5, 0.6) is 11.5 Å². The smallest absolute Gasteiger partial charge is 0.870 e. The zero-order valence-electron chi connectivity index (χ0n) is 9.77. The van der Waals surface area contributed by atoms with E-state index in [0.29, 0.717) is 10.0 Å². The van der Waals surface area contributed by atoms with E-state index in [9.17, 15) is 10.2 Å². The first-order valence-electron chi connectivity index (χ1n) is 4.85. The fourth-order valence-electron chi connectivity index (χ4n) is 1.06. The summed E-state index contributed by atoms with van der Waals surface area (Å²) in [6, 6.07) is 5.43. The van der Waals surface area contributed by atoms with Gasteiger partial charge < -0.3 is 10.2 Å². The summed E-state index contributed by atoms with van der Waals surface area (Å²) in [4.78, 5) is 0. The summed E-state index contributed by atoms with van der Waals surface area (Å²) in [7, 11) is 0. The van der Waals surface area contributed by atoms with Crippen molar-refractivity contribution in [2.45, 2.75) is 0 Å². The van der Waals surface area contributed by atoms with E-state index >= 15 is 0 Å². The number of halogens is 6. The molecule has 0 aliphatic rings. The normalized spacial score (nSPS) is 9.43. The van der Waals surface area contributed by atoms with Crippen LogP contribution in [-0.4, -0.2) is 0 Å². The maximum atomic E-state index is 10.8. The molecule has 0 saturated heterocycles. The summed E-state index contributed by atoms with van der Waals surface area (Å²) in [6.07, 6.45) is 0. The molecule has 0 aliphatic heterocycles. The molecule has 0 aromatic heterocycles. The predicted molar refractivity (Wildman–Crippen MR) is 81.8 cm³/mol. The van der Waals surface area contributed by atoms with E-state index in [1.54, 1.807) is 0 Å². The third kappa shape index (κ3) is 6.52. The van der Waals surface area contributed by atoms with Gasteiger partial charge in [0.1, 0.15) is 0 Å². The van der Waals surface area contributed by atoms with E-state index < -0.39 is 0 Å². The van der Waals surface area contributed by atoms with Crippen LogP contribution in [0.2, 0.25) is 30.1 Å². The number of hydrogen-bond donors (Lipinski definition) is 0. The monoisotopic (exact) mass is 445 g/mol. The van der Waals surface area contributed by atoms with Gasteiger partial charge in [-0.15, -0.1) is 0 Å². The van der Waals surface area contributed by atoms with E-state index in [4.69, 9.17) is 69.6 Å². The SMILES string of the molecule is [Mn+2].[O-]c1c(Cl)cc(Cl)cc1Cl.[O-]c1c(Cl)cc(Cl)cc1Cl. The minimum absolute atomic E-state index is 0. The van der Waals surface area contributed by atoms with Crippen LogP contribution >= 0.6 is 69.6 Å². The number of benzene rings is 2. The number of hydrogen-bond acceptors (Lipinski definition) is 2. The van der Waals surface area contributed by atoms with Crippen LogP contribution in [0.1, 0.15) is 0 Å². The molecule has 0 saturated carbocycles. The maximum absolute atomic E-state index is 10.8. The Labute approximate surface area is 161 Å². The Balaban J connectivity index is 0.000000364. The molecule has 113 valence electrons. The predicted octanol–water partition coefficient (Wildman–Crippen LogP) is 5.44. The van der Waals surface area contributed by atoms with Crippen molar-refractivity contribution in [1.29, 1.82) is 0 Å². The summed E-state index contributed by atoms with van der Waals surface area (Å²) in [5.41, 5.74) is 0. The fraction of sp³-hybridized carbons (Fsp3) is 0. The molecule has 2 aromatic carbocycles. The second kappa shape index (κ2) is 9.44. The van der Waals surface area contributed by atoms with Crippen molar-refractivity contribution in [2.24, 2.45) is 0 Å². The molecule has 2 rings (SSSR count). The second-order valence-electron chi connectivity index (χ2n) is 3.40. The Bertz CT molecular complexity index is 534. The second-order valence-corrected chi connectivity index (χ2v) is 5.90. The first-order valence-corrected chi connectivity index (χ1v) is 7.12. The van der Waals surface area contributed by atoms with Gasteiger partial charge in [-0.3, -0.25) is 0 Å². The first kappa shape index (κ1) is 21.3. The van der Waals surface area contributed by atoms with Crippen LogP contribution in [-0.2, 0) is 17.1 Å². The van der Waals surface area contributed by atoms with Crippen molar-refractivity contribution in [2.75, 3.05) is 0 Å². The van der Waals surface area contributed by atoms with Gasteiger partial charge in [0, 0.05) is 30.1 Å². The molecular weight excluding hydrogens is 444 g/mol. The van der Waals surface area contributed by atoms with Gasteiger partial charge in [-0.1, -0.05) is 81.1 Å². The zero-order valence-corrected chi connectivity index (χ0v) is 15.5. The molecule has 0 atom stereocenters. The van der Waals surface area contributed by atoms with Crippen LogP contribution in [0.4, 0.5) is 0 Å². The van der Waals surface area contributed by atoms with Gasteiger partial charge in [0.25, 0.3) is 0 Å². The van der Waals surface area contributed by atoms with Crippen LogP contribution in [0.3, 0.4) is 0 Å². The van der Waals surface area contributed by atoms with Crippen molar-refractivity contribution < 1.29 is 27.3 Å². The molecule has 0 bridgehead atoms. The molecular formula is C12H4Cl6MnO2. The summed E-state index contributed by atoms with van der Waals surface area (Å²) in [5.74, 6) is -0.763. The van der Waals surface area contributed by atoms with E-state index in [1.165, 1.54) is 24.3 Å². The molecule has 0 unspecified atom stereocenters. The van der Waals surface area contributed by atoms with Crippen LogP contribution in [0, 0.1) is 0 Å². The minimum Gasteiger partial charge on any atom is -0.870 e. The Kier molecular flexibility index (Phi) is 9.58. The summed E-state index contributed by atoms with van der Waals surface area (Å²) in [6.45, 7) is 0. The Morgan fingerprint density at radius 3 is 0.905 bits per heavy atom. The molecule has 2 aromatic rings. The summed E-state index contributed by atoms with van der Waals surface area (Å²) >= 11 is 32.8. The maximum Gasteiger partial charge on any atom is 2.00 e. The zero-order chi connectivity index (χ0) is 15.4. The fourth-order valence-corrected chi connectivity index (χ4v) is 2.69. The summed E-state index contributed by atoms with van der Waals surface area (Å²) < 4.78 is 0. The van der Waals surface area contributed by atoms with Gasteiger partial charge in [0.15, 0.2) is 0 Å². The molecule has 21 heavy (non-hydrogen) atoms. The molecule has 9 heteroatoms. The van der Waals surface area contributed by atoms with Crippen LogP contribution < -0.4 is 10.2 Å². The van der Waals surface area contributed by atoms with Gasteiger partial charge in [-0.2, -0.15) is 0 Å².